The van der Waals surface area contributed by atoms with Gasteiger partial charge in [-0.3, -0.25) is 4.79 Å². The minimum atomic E-state index is 0.191. The summed E-state index contributed by atoms with van der Waals surface area (Å²) in [7, 11) is 3.65. The summed E-state index contributed by atoms with van der Waals surface area (Å²) >= 11 is 0. The number of ether oxygens (including phenoxy) is 2. The Morgan fingerprint density at radius 3 is 2.50 bits per heavy atom. The molecule has 0 radical (unpaired) electrons. The lowest BCUT2D eigenvalue weighted by Gasteiger charge is -2.57. The highest BCUT2D eigenvalue weighted by Gasteiger charge is 2.61. The van der Waals surface area contributed by atoms with Gasteiger partial charge in [-0.15, -0.1) is 0 Å². The average molecular weight is 332 g/mol. The van der Waals surface area contributed by atoms with E-state index in [0.717, 1.165) is 25.7 Å². The van der Waals surface area contributed by atoms with Gasteiger partial charge < -0.3 is 9.47 Å². The Hall–Kier alpha value is -0.670. The van der Waals surface area contributed by atoms with Crippen LogP contribution >= 0.6 is 0 Å². The second-order valence-corrected chi connectivity index (χ2v) is 9.17. The van der Waals surface area contributed by atoms with Crippen molar-refractivity contribution in [2.24, 2.45) is 28.6 Å². The highest BCUT2D eigenvalue weighted by molar-refractivity contribution is 5.94. The molecule has 7 atom stereocenters. The lowest BCUT2D eigenvalue weighted by Crippen LogP contribution is -2.54. The molecule has 0 saturated heterocycles. The molecule has 3 saturated carbocycles. The fourth-order valence-electron chi connectivity index (χ4n) is 6.91. The van der Waals surface area contributed by atoms with Crippen molar-refractivity contribution in [1.82, 2.24) is 0 Å². The molecule has 0 aromatic rings. The molecule has 0 aromatic heterocycles. The molecular weight excluding hydrogens is 300 g/mol. The molecule has 0 unspecified atom stereocenters. The third-order valence-corrected chi connectivity index (χ3v) is 8.43. The van der Waals surface area contributed by atoms with Gasteiger partial charge in [0.15, 0.2) is 5.78 Å². The summed E-state index contributed by atoms with van der Waals surface area (Å²) in [6.45, 7) is 4.81. The van der Waals surface area contributed by atoms with Crippen molar-refractivity contribution in [2.45, 2.75) is 71.0 Å². The van der Waals surface area contributed by atoms with Gasteiger partial charge in [0, 0.05) is 20.1 Å². The Bertz CT molecular complexity index is 567. The lowest BCUT2D eigenvalue weighted by atomic mass is 9.47. The quantitative estimate of drug-likeness (QED) is 0.762. The van der Waals surface area contributed by atoms with Crippen molar-refractivity contribution >= 4 is 5.78 Å². The molecule has 3 fully saturated rings. The molecule has 3 heteroatoms. The van der Waals surface area contributed by atoms with Crippen LogP contribution in [-0.2, 0) is 14.3 Å². The van der Waals surface area contributed by atoms with Crippen LogP contribution in [0.4, 0.5) is 0 Å². The van der Waals surface area contributed by atoms with Crippen molar-refractivity contribution < 1.29 is 14.3 Å². The van der Waals surface area contributed by atoms with E-state index < -0.39 is 0 Å². The zero-order valence-corrected chi connectivity index (χ0v) is 15.6. The first kappa shape index (κ1) is 16.8. The van der Waals surface area contributed by atoms with Crippen LogP contribution in [0, 0.1) is 28.6 Å². The molecule has 0 N–H and O–H groups in total. The lowest BCUT2D eigenvalue weighted by molar-refractivity contribution is -0.137. The molecule has 24 heavy (non-hydrogen) atoms. The van der Waals surface area contributed by atoms with Crippen LogP contribution in [0.3, 0.4) is 0 Å². The van der Waals surface area contributed by atoms with Gasteiger partial charge in [0.05, 0.1) is 12.2 Å². The number of carbonyl (C=O) groups excluding carboxylic acids is 1. The third kappa shape index (κ3) is 2.13. The number of methoxy groups -OCH3 is 2. The number of carbonyl (C=O) groups is 1. The number of rotatable bonds is 2. The van der Waals surface area contributed by atoms with Gasteiger partial charge in [-0.2, -0.15) is 0 Å². The largest absolute Gasteiger partial charge is 0.381 e. The Labute approximate surface area is 146 Å². The molecule has 0 aliphatic heterocycles. The zero-order valence-electron chi connectivity index (χ0n) is 15.6. The average Bonchev–Trinajstić information content (AvgIpc) is 2.91. The molecule has 0 bridgehead atoms. The van der Waals surface area contributed by atoms with E-state index in [4.69, 9.17) is 9.47 Å². The van der Waals surface area contributed by atoms with E-state index in [0.29, 0.717) is 29.8 Å². The van der Waals surface area contributed by atoms with Crippen LogP contribution in [0.1, 0.15) is 58.8 Å². The summed E-state index contributed by atoms with van der Waals surface area (Å²) in [6, 6.07) is 0. The minimum absolute atomic E-state index is 0.191. The fraction of sp³-hybridized carbons (Fsp3) is 0.857. The van der Waals surface area contributed by atoms with Crippen molar-refractivity contribution in [1.29, 1.82) is 0 Å². The molecule has 0 heterocycles. The third-order valence-electron chi connectivity index (χ3n) is 8.43. The molecule has 0 aromatic carbocycles. The summed E-state index contributed by atoms with van der Waals surface area (Å²) < 4.78 is 11.4. The first-order valence-electron chi connectivity index (χ1n) is 9.74. The summed E-state index contributed by atoms with van der Waals surface area (Å²) in [5, 5.41) is 0. The maximum atomic E-state index is 13.1. The molecule has 3 nitrogen and oxygen atoms in total. The van der Waals surface area contributed by atoms with E-state index in [1.54, 1.807) is 7.11 Å². The van der Waals surface area contributed by atoms with Gasteiger partial charge in [-0.1, -0.05) is 19.4 Å². The van der Waals surface area contributed by atoms with Gasteiger partial charge in [0.25, 0.3) is 0 Å². The summed E-state index contributed by atoms with van der Waals surface area (Å²) in [5.41, 5.74) is 1.77. The standard InChI is InChI=1S/C21H32O3/c1-20-9-7-14(23-3)11-13(20)12-17(22)19-15-5-6-18(24-4)21(15,2)10-8-16(19)20/h12,14-16,18-19H,5-11H2,1-4H3/t14-,15-,16-,18-,19-,20-,21-/m0/s1. The maximum absolute atomic E-state index is 13.1. The number of ketones is 1. The second kappa shape index (κ2) is 5.67. The van der Waals surface area contributed by atoms with E-state index in [2.05, 4.69) is 13.8 Å². The van der Waals surface area contributed by atoms with Crippen LogP contribution in [0.15, 0.2) is 11.6 Å². The van der Waals surface area contributed by atoms with Crippen molar-refractivity contribution in [3.63, 3.8) is 0 Å². The Morgan fingerprint density at radius 2 is 1.79 bits per heavy atom. The van der Waals surface area contributed by atoms with E-state index in [1.807, 2.05) is 13.2 Å². The highest BCUT2D eigenvalue weighted by Crippen LogP contribution is 2.64. The Balaban J connectivity index is 1.70. The first-order valence-corrected chi connectivity index (χ1v) is 9.74. The van der Waals surface area contributed by atoms with E-state index in [-0.39, 0.29) is 16.7 Å². The molecule has 134 valence electrons. The second-order valence-electron chi connectivity index (χ2n) is 9.17. The maximum Gasteiger partial charge on any atom is 0.159 e. The minimum Gasteiger partial charge on any atom is -0.381 e. The van der Waals surface area contributed by atoms with Crippen LogP contribution in [0.5, 0.6) is 0 Å². The van der Waals surface area contributed by atoms with Crippen LogP contribution in [0.25, 0.3) is 0 Å². The number of allylic oxidation sites excluding steroid dienone is 1. The summed E-state index contributed by atoms with van der Waals surface area (Å²) in [5.74, 6) is 1.65. The Kier molecular flexibility index (Phi) is 3.96. The molecular formula is C21H32O3. The predicted molar refractivity (Wildman–Crippen MR) is 93.7 cm³/mol. The van der Waals surface area contributed by atoms with Gasteiger partial charge >= 0.3 is 0 Å². The monoisotopic (exact) mass is 332 g/mol. The van der Waals surface area contributed by atoms with E-state index in [9.17, 15) is 4.79 Å². The summed E-state index contributed by atoms with van der Waals surface area (Å²) in [6.07, 6.45) is 10.6. The van der Waals surface area contributed by atoms with Gasteiger partial charge in [0.2, 0.25) is 0 Å². The topological polar surface area (TPSA) is 35.5 Å². The van der Waals surface area contributed by atoms with Crippen molar-refractivity contribution in [2.75, 3.05) is 14.2 Å². The smallest absolute Gasteiger partial charge is 0.159 e. The fourth-order valence-corrected chi connectivity index (χ4v) is 6.91. The van der Waals surface area contributed by atoms with Gasteiger partial charge in [0.1, 0.15) is 0 Å². The van der Waals surface area contributed by atoms with E-state index >= 15 is 0 Å². The molecule has 4 aliphatic carbocycles. The van der Waals surface area contributed by atoms with Gasteiger partial charge in [-0.05, 0) is 73.7 Å². The van der Waals surface area contributed by atoms with Gasteiger partial charge in [-0.25, -0.2) is 0 Å². The van der Waals surface area contributed by atoms with E-state index in [1.165, 1.54) is 24.8 Å². The number of hydrogen-bond acceptors (Lipinski definition) is 3. The van der Waals surface area contributed by atoms with Crippen LogP contribution in [0.2, 0.25) is 0 Å². The zero-order chi connectivity index (χ0) is 17.1. The van der Waals surface area contributed by atoms with Crippen molar-refractivity contribution in [3.05, 3.63) is 11.6 Å². The van der Waals surface area contributed by atoms with Crippen molar-refractivity contribution in [3.8, 4) is 0 Å². The predicted octanol–water partition coefficient (Wildman–Crippen LogP) is 4.16. The molecule has 4 rings (SSSR count). The van der Waals surface area contributed by atoms with Crippen LogP contribution in [-0.4, -0.2) is 32.2 Å². The highest BCUT2D eigenvalue weighted by atomic mass is 16.5. The number of fused-ring (bicyclic) bond motifs is 5. The first-order chi connectivity index (χ1) is 11.4. The summed E-state index contributed by atoms with van der Waals surface area (Å²) in [4.78, 5) is 13.1. The molecule has 4 aliphatic rings. The molecule has 0 spiro atoms. The number of hydrogen-bond donors (Lipinski definition) is 0. The van der Waals surface area contributed by atoms with Crippen LogP contribution < -0.4 is 0 Å². The molecule has 0 amide bonds. The Morgan fingerprint density at radius 1 is 1.00 bits per heavy atom. The normalized spacial score (nSPS) is 50.8. The SMILES string of the molecule is CO[C@H]1CC[C@@]2(C)C(=CC(=O)[C@H]3[C@@H]4CC[C@H](OC)[C@@]4(C)CC[C@@H]32)C1.